The Hall–Kier alpha value is -4.02. The number of aromatic nitrogens is 4. The highest BCUT2D eigenvalue weighted by Gasteiger charge is 2.37. The Morgan fingerprint density at radius 2 is 2.07 bits per heavy atom. The lowest BCUT2D eigenvalue weighted by molar-refractivity contribution is -0.143. The normalized spacial score (nSPS) is 17.9. The predicted molar refractivity (Wildman–Crippen MR) is 165 cm³/mol. The highest BCUT2D eigenvalue weighted by molar-refractivity contribution is 7.17. The van der Waals surface area contributed by atoms with E-state index in [1.807, 2.05) is 26.1 Å². The number of rotatable bonds is 8. The molecule has 1 aliphatic heterocycles. The van der Waals surface area contributed by atoms with Crippen LogP contribution in [0.3, 0.4) is 0 Å². The van der Waals surface area contributed by atoms with Crippen molar-refractivity contribution in [3.8, 4) is 11.6 Å². The number of carbonyl (C=O) groups excluding carboxylic acids is 1. The summed E-state index contributed by atoms with van der Waals surface area (Å²) in [6.45, 7) is 6.30. The zero-order chi connectivity index (χ0) is 29.7. The van der Waals surface area contributed by atoms with E-state index in [0.29, 0.717) is 25.6 Å². The first kappa shape index (κ1) is 27.8. The topological polar surface area (TPSA) is 103 Å². The molecule has 0 bridgehead atoms. The number of pyridine rings is 1. The Morgan fingerprint density at radius 3 is 2.88 bits per heavy atom. The van der Waals surface area contributed by atoms with Crippen LogP contribution >= 0.6 is 11.3 Å². The molecule has 7 rings (SSSR count). The van der Waals surface area contributed by atoms with Crippen molar-refractivity contribution in [3.05, 3.63) is 75.8 Å². The molecule has 1 unspecified atom stereocenters. The fourth-order valence-corrected chi connectivity index (χ4v) is 7.31. The number of fused-ring (bicyclic) bond motifs is 3. The van der Waals surface area contributed by atoms with Gasteiger partial charge >= 0.3 is 5.97 Å². The molecule has 0 spiro atoms. The zero-order valence-corrected chi connectivity index (χ0v) is 25.4. The SMILES string of the molecule is CCOC(=O)CC(c1cc(CN2Cc3nc(O)ccc3O[C@@H](C3CC3)C2)c2sccc2c1)c1ccc2c(nnn2C)c1C. The third kappa shape index (κ3) is 5.45. The van der Waals surface area contributed by atoms with Gasteiger partial charge in [-0.3, -0.25) is 9.69 Å². The maximum Gasteiger partial charge on any atom is 0.306 e. The maximum absolute atomic E-state index is 13.0. The third-order valence-electron chi connectivity index (χ3n) is 8.73. The van der Waals surface area contributed by atoms with Gasteiger partial charge in [-0.2, -0.15) is 0 Å². The number of benzene rings is 2. The van der Waals surface area contributed by atoms with Crippen molar-refractivity contribution < 1.29 is 19.4 Å². The molecular formula is C33H35N5O4S. The number of esters is 1. The first-order valence-corrected chi connectivity index (χ1v) is 15.8. The summed E-state index contributed by atoms with van der Waals surface area (Å²) in [5.41, 5.74) is 6.90. The van der Waals surface area contributed by atoms with E-state index in [1.165, 1.54) is 23.1 Å². The van der Waals surface area contributed by atoms with Crippen LogP contribution in [0.4, 0.5) is 0 Å². The van der Waals surface area contributed by atoms with Crippen LogP contribution in [0, 0.1) is 12.8 Å². The lowest BCUT2D eigenvalue weighted by Crippen LogP contribution is -2.34. The molecule has 9 nitrogen and oxygen atoms in total. The molecule has 1 fully saturated rings. The molecule has 1 aliphatic carbocycles. The summed E-state index contributed by atoms with van der Waals surface area (Å²) in [5.74, 6) is 0.879. The molecule has 10 heteroatoms. The second kappa shape index (κ2) is 11.2. The van der Waals surface area contributed by atoms with E-state index in [-0.39, 0.29) is 30.3 Å². The summed E-state index contributed by atoms with van der Waals surface area (Å²) in [6.07, 6.45) is 2.67. The molecule has 2 aliphatic rings. The largest absolute Gasteiger partial charge is 0.493 e. The summed E-state index contributed by atoms with van der Waals surface area (Å²) < 4.78 is 14.9. The van der Waals surface area contributed by atoms with Crippen molar-refractivity contribution in [2.24, 2.45) is 13.0 Å². The molecule has 1 N–H and O–H groups in total. The van der Waals surface area contributed by atoms with E-state index in [2.05, 4.69) is 56.8 Å². The average molecular weight is 598 g/mol. The smallest absolute Gasteiger partial charge is 0.306 e. The lowest BCUT2D eigenvalue weighted by Gasteiger charge is -2.25. The third-order valence-corrected chi connectivity index (χ3v) is 9.74. The standard InChI is InChI=1S/C33H35N5O4S/c1-4-41-31(40)15-25(24-7-8-27-32(19(24)2)35-36-37(27)3)22-13-21-11-12-43-33(21)23(14-22)16-38-17-26-28(9-10-30(39)34-26)42-29(18-38)20-5-6-20/h7-14,20,25,29H,4-6,15-18H2,1-3H3,(H,34,39)/t25?,29-/m1/s1. The van der Waals surface area contributed by atoms with E-state index in [1.54, 1.807) is 22.1 Å². The Labute approximate surface area is 254 Å². The molecule has 5 aromatic rings. The minimum absolute atomic E-state index is 0.00654. The molecule has 4 heterocycles. The number of nitrogens with zero attached hydrogens (tertiary/aromatic N) is 5. The van der Waals surface area contributed by atoms with Gasteiger partial charge in [0.1, 0.15) is 23.1 Å². The van der Waals surface area contributed by atoms with E-state index < -0.39 is 0 Å². The van der Waals surface area contributed by atoms with Crippen molar-refractivity contribution in [3.63, 3.8) is 0 Å². The summed E-state index contributed by atoms with van der Waals surface area (Å²) in [5, 5.41) is 22.1. The molecule has 2 atom stereocenters. The maximum atomic E-state index is 13.0. The second-order valence-electron chi connectivity index (χ2n) is 11.7. The first-order chi connectivity index (χ1) is 20.9. The molecule has 3 aromatic heterocycles. The summed E-state index contributed by atoms with van der Waals surface area (Å²) in [4.78, 5) is 19.8. The van der Waals surface area contributed by atoms with Crippen LogP contribution in [0.25, 0.3) is 21.1 Å². The number of carbonyl (C=O) groups is 1. The van der Waals surface area contributed by atoms with Crippen molar-refractivity contribution >= 4 is 38.4 Å². The van der Waals surface area contributed by atoms with Crippen LogP contribution in [0.1, 0.15) is 60.1 Å². The highest BCUT2D eigenvalue weighted by atomic mass is 32.1. The van der Waals surface area contributed by atoms with Crippen LogP contribution < -0.4 is 4.74 Å². The van der Waals surface area contributed by atoms with Crippen LogP contribution in [0.15, 0.2) is 47.8 Å². The van der Waals surface area contributed by atoms with E-state index >= 15 is 0 Å². The number of hydrogen-bond acceptors (Lipinski definition) is 9. The predicted octanol–water partition coefficient (Wildman–Crippen LogP) is 5.85. The molecule has 0 saturated heterocycles. The molecule has 0 radical (unpaired) electrons. The minimum Gasteiger partial charge on any atom is -0.493 e. The number of thiophene rings is 1. The van der Waals surface area contributed by atoms with Crippen molar-refractivity contribution in [2.75, 3.05) is 13.2 Å². The van der Waals surface area contributed by atoms with Gasteiger partial charge in [-0.15, -0.1) is 16.4 Å². The van der Waals surface area contributed by atoms with Gasteiger partial charge in [0.05, 0.1) is 18.5 Å². The minimum atomic E-state index is -0.225. The molecular weight excluding hydrogens is 562 g/mol. The summed E-state index contributed by atoms with van der Waals surface area (Å²) in [6, 6.07) is 14.2. The van der Waals surface area contributed by atoms with Crippen LogP contribution in [-0.4, -0.2) is 55.2 Å². The van der Waals surface area contributed by atoms with Gasteiger partial charge in [-0.25, -0.2) is 9.67 Å². The quantitative estimate of drug-likeness (QED) is 0.222. The molecule has 222 valence electrons. The lowest BCUT2D eigenvalue weighted by atomic mass is 9.84. The van der Waals surface area contributed by atoms with E-state index in [9.17, 15) is 9.90 Å². The monoisotopic (exact) mass is 597 g/mol. The highest BCUT2D eigenvalue weighted by Crippen LogP contribution is 2.40. The van der Waals surface area contributed by atoms with Gasteiger partial charge in [-0.05, 0) is 89.9 Å². The van der Waals surface area contributed by atoms with Gasteiger partial charge in [0.25, 0.3) is 0 Å². The number of aryl methyl sites for hydroxylation is 2. The van der Waals surface area contributed by atoms with Gasteiger partial charge in [0, 0.05) is 43.4 Å². The van der Waals surface area contributed by atoms with Gasteiger partial charge in [0.15, 0.2) is 0 Å². The van der Waals surface area contributed by atoms with Crippen molar-refractivity contribution in [1.29, 1.82) is 0 Å². The number of aromatic hydroxyl groups is 1. The number of ether oxygens (including phenoxy) is 2. The molecule has 2 aromatic carbocycles. The van der Waals surface area contributed by atoms with Crippen molar-refractivity contribution in [2.45, 2.75) is 58.2 Å². The summed E-state index contributed by atoms with van der Waals surface area (Å²) in [7, 11) is 1.89. The fraction of sp³-hybridized carbons (Fsp3) is 0.394. The van der Waals surface area contributed by atoms with Gasteiger partial charge in [0.2, 0.25) is 5.88 Å². The van der Waals surface area contributed by atoms with Crippen molar-refractivity contribution in [1.82, 2.24) is 24.9 Å². The Bertz CT molecular complexity index is 1830. The van der Waals surface area contributed by atoms with Crippen LogP contribution in [0.5, 0.6) is 11.6 Å². The van der Waals surface area contributed by atoms with Crippen LogP contribution in [0.2, 0.25) is 0 Å². The fourth-order valence-electron chi connectivity index (χ4n) is 6.42. The number of hydrogen-bond donors (Lipinski definition) is 1. The van der Waals surface area contributed by atoms with E-state index in [4.69, 9.17) is 9.47 Å². The van der Waals surface area contributed by atoms with Gasteiger partial charge in [-0.1, -0.05) is 17.3 Å². The first-order valence-electron chi connectivity index (χ1n) is 14.9. The Morgan fingerprint density at radius 1 is 1.21 bits per heavy atom. The molecule has 43 heavy (non-hydrogen) atoms. The zero-order valence-electron chi connectivity index (χ0n) is 24.6. The summed E-state index contributed by atoms with van der Waals surface area (Å²) >= 11 is 1.74. The van der Waals surface area contributed by atoms with E-state index in [0.717, 1.165) is 51.1 Å². The molecule has 0 amide bonds. The Balaban J connectivity index is 1.29. The second-order valence-corrected chi connectivity index (χ2v) is 12.6. The molecule has 1 saturated carbocycles. The average Bonchev–Trinajstić information content (AvgIpc) is 3.64. The van der Waals surface area contributed by atoms with Gasteiger partial charge < -0.3 is 14.6 Å². The van der Waals surface area contributed by atoms with Crippen LogP contribution in [-0.2, 0) is 29.7 Å². The Kier molecular flexibility index (Phi) is 7.26.